The topological polar surface area (TPSA) is 114 Å². The molecule has 1 aromatic carbocycles. The lowest BCUT2D eigenvalue weighted by atomic mass is 9.92. The van der Waals surface area contributed by atoms with Gasteiger partial charge in [-0.1, -0.05) is 13.8 Å². The Kier molecular flexibility index (Phi) is 5.50. The van der Waals surface area contributed by atoms with Crippen LogP contribution in [0.3, 0.4) is 0 Å². The van der Waals surface area contributed by atoms with Crippen molar-refractivity contribution in [1.82, 2.24) is 10.2 Å². The molecule has 0 unspecified atom stereocenters. The lowest BCUT2D eigenvalue weighted by Crippen LogP contribution is -2.44. The zero-order chi connectivity index (χ0) is 21.3. The van der Waals surface area contributed by atoms with Crippen LogP contribution in [0, 0.1) is 5.92 Å². The summed E-state index contributed by atoms with van der Waals surface area (Å²) in [7, 11) is 0. The minimum absolute atomic E-state index is 0.0293. The van der Waals surface area contributed by atoms with Gasteiger partial charge >= 0.3 is 6.03 Å². The van der Waals surface area contributed by atoms with E-state index in [1.165, 1.54) is 19.1 Å². The van der Waals surface area contributed by atoms with Crippen molar-refractivity contribution in [3.05, 3.63) is 17.7 Å². The zero-order valence-corrected chi connectivity index (χ0v) is 17.0. The maximum Gasteiger partial charge on any atom is 0.325 e. The molecular formula is C20H25N3O6. The summed E-state index contributed by atoms with van der Waals surface area (Å²) in [6.07, 6.45) is 1.26. The van der Waals surface area contributed by atoms with Crippen LogP contribution in [0.15, 0.2) is 12.1 Å². The van der Waals surface area contributed by atoms with Crippen molar-refractivity contribution in [3.8, 4) is 11.5 Å². The van der Waals surface area contributed by atoms with Gasteiger partial charge in [-0.25, -0.2) is 4.79 Å². The Labute approximate surface area is 168 Å². The Hall–Kier alpha value is -3.10. The molecule has 0 bridgehead atoms. The second kappa shape index (κ2) is 7.73. The Morgan fingerprint density at radius 3 is 2.52 bits per heavy atom. The number of anilines is 1. The largest absolute Gasteiger partial charge is 0.454 e. The molecule has 2 N–H and O–H groups in total. The molecule has 0 saturated carbocycles. The first-order valence-electron chi connectivity index (χ1n) is 9.49. The monoisotopic (exact) mass is 403 g/mol. The van der Waals surface area contributed by atoms with E-state index in [2.05, 4.69) is 10.6 Å². The summed E-state index contributed by atoms with van der Waals surface area (Å²) in [5, 5.41) is 5.28. The molecule has 0 radical (unpaired) electrons. The second-order valence-electron chi connectivity index (χ2n) is 7.94. The van der Waals surface area contributed by atoms with Gasteiger partial charge < -0.3 is 20.1 Å². The third-order valence-corrected chi connectivity index (χ3v) is 5.03. The van der Waals surface area contributed by atoms with Crippen molar-refractivity contribution in [2.45, 2.75) is 46.1 Å². The van der Waals surface area contributed by atoms with Crippen LogP contribution < -0.4 is 20.1 Å². The van der Waals surface area contributed by atoms with E-state index in [0.717, 1.165) is 11.3 Å². The zero-order valence-electron chi connectivity index (χ0n) is 17.0. The summed E-state index contributed by atoms with van der Waals surface area (Å²) in [6, 6.07) is 2.39. The Bertz CT molecular complexity index is 881. The first-order valence-corrected chi connectivity index (χ1v) is 9.49. The highest BCUT2D eigenvalue weighted by Gasteiger charge is 2.47. The van der Waals surface area contributed by atoms with E-state index in [1.807, 2.05) is 13.8 Å². The van der Waals surface area contributed by atoms with Crippen LogP contribution >= 0.6 is 0 Å². The van der Waals surface area contributed by atoms with Crippen LogP contribution in [-0.4, -0.2) is 47.4 Å². The number of carbonyl (C=O) groups is 4. The van der Waals surface area contributed by atoms with Gasteiger partial charge in [0.25, 0.3) is 5.91 Å². The molecule has 1 atom stereocenters. The number of urea groups is 1. The summed E-state index contributed by atoms with van der Waals surface area (Å²) in [5.41, 5.74) is -0.534. The van der Waals surface area contributed by atoms with Gasteiger partial charge in [-0.2, -0.15) is 0 Å². The number of hydrogen-bond donors (Lipinski definition) is 2. The number of ketones is 1. The summed E-state index contributed by atoms with van der Waals surface area (Å²) in [4.78, 5) is 50.4. The van der Waals surface area contributed by atoms with Crippen molar-refractivity contribution < 1.29 is 28.7 Å². The molecule has 0 aromatic heterocycles. The first-order chi connectivity index (χ1) is 13.6. The quantitative estimate of drug-likeness (QED) is 0.533. The van der Waals surface area contributed by atoms with E-state index < -0.39 is 29.9 Å². The molecular weight excluding hydrogens is 378 g/mol. The number of amides is 4. The molecule has 2 aliphatic heterocycles. The number of carbonyl (C=O) groups excluding carboxylic acids is 4. The van der Waals surface area contributed by atoms with E-state index in [9.17, 15) is 19.2 Å². The highest BCUT2D eigenvalue weighted by Crippen LogP contribution is 2.37. The molecule has 0 spiro atoms. The average molecular weight is 403 g/mol. The molecule has 0 aliphatic carbocycles. The molecule has 2 heterocycles. The fraction of sp³-hybridized carbons (Fsp3) is 0.500. The van der Waals surface area contributed by atoms with Crippen LogP contribution in [0.4, 0.5) is 10.5 Å². The predicted octanol–water partition coefficient (Wildman–Crippen LogP) is 2.30. The Morgan fingerprint density at radius 1 is 1.24 bits per heavy atom. The van der Waals surface area contributed by atoms with Gasteiger partial charge in [0.1, 0.15) is 12.1 Å². The number of imide groups is 1. The van der Waals surface area contributed by atoms with Gasteiger partial charge in [-0.3, -0.25) is 19.3 Å². The van der Waals surface area contributed by atoms with E-state index in [-0.39, 0.29) is 23.8 Å². The van der Waals surface area contributed by atoms with Gasteiger partial charge in [0.2, 0.25) is 12.7 Å². The van der Waals surface area contributed by atoms with Crippen LogP contribution in [0.1, 0.15) is 50.9 Å². The van der Waals surface area contributed by atoms with E-state index in [0.29, 0.717) is 23.8 Å². The van der Waals surface area contributed by atoms with Crippen molar-refractivity contribution in [1.29, 1.82) is 0 Å². The maximum absolute atomic E-state index is 12.7. The second-order valence-corrected chi connectivity index (χ2v) is 7.94. The molecule has 1 saturated heterocycles. The fourth-order valence-corrected chi connectivity index (χ4v) is 3.31. The molecule has 1 aromatic rings. The lowest BCUT2D eigenvalue weighted by molar-refractivity contribution is -0.133. The number of hydrogen-bond acceptors (Lipinski definition) is 6. The Morgan fingerprint density at radius 2 is 1.90 bits per heavy atom. The smallest absolute Gasteiger partial charge is 0.325 e. The standard InChI is InChI=1S/C20H25N3O6/c1-11(2)5-6-20(4)18(26)23(19(27)22-20)9-17(25)21-14-8-16-15(28-10-29-16)7-13(14)12(3)24/h7-8,11H,5-6,9-10H2,1-4H3,(H,21,25)(H,22,27)/t20-/m0/s1. The van der Waals surface area contributed by atoms with E-state index in [4.69, 9.17) is 9.47 Å². The average Bonchev–Trinajstić information content (AvgIpc) is 3.17. The summed E-state index contributed by atoms with van der Waals surface area (Å²) in [5.74, 6) is -0.0942. The molecule has 9 heteroatoms. The maximum atomic E-state index is 12.7. The number of Topliss-reactive ketones (excluding diaryl/α,β-unsaturated/α-hetero) is 1. The normalized spacial score (nSPS) is 20.2. The number of nitrogens with zero attached hydrogens (tertiary/aromatic N) is 1. The van der Waals surface area contributed by atoms with Crippen LogP contribution in [0.2, 0.25) is 0 Å². The van der Waals surface area contributed by atoms with Crippen molar-refractivity contribution in [2.75, 3.05) is 18.7 Å². The molecule has 29 heavy (non-hydrogen) atoms. The SMILES string of the molecule is CC(=O)c1cc2c(cc1NC(=O)CN1C(=O)N[C@@](C)(CCC(C)C)C1=O)OCO2. The highest BCUT2D eigenvalue weighted by molar-refractivity contribution is 6.11. The number of benzene rings is 1. The van der Waals surface area contributed by atoms with Crippen LogP contribution in [0.5, 0.6) is 11.5 Å². The van der Waals surface area contributed by atoms with Crippen LogP contribution in [0.25, 0.3) is 0 Å². The van der Waals surface area contributed by atoms with Gasteiger partial charge in [0.15, 0.2) is 17.3 Å². The molecule has 156 valence electrons. The molecule has 3 rings (SSSR count). The van der Waals surface area contributed by atoms with E-state index in [1.54, 1.807) is 6.92 Å². The molecule has 2 aliphatic rings. The molecule has 4 amide bonds. The fourth-order valence-electron chi connectivity index (χ4n) is 3.31. The van der Waals surface area contributed by atoms with Gasteiger partial charge in [0.05, 0.1) is 5.69 Å². The van der Waals surface area contributed by atoms with Gasteiger partial charge in [0, 0.05) is 11.6 Å². The predicted molar refractivity (Wildman–Crippen MR) is 104 cm³/mol. The molecule has 1 fully saturated rings. The van der Waals surface area contributed by atoms with Crippen molar-refractivity contribution in [2.24, 2.45) is 5.92 Å². The summed E-state index contributed by atoms with van der Waals surface area (Å²) in [6.45, 7) is 6.68. The van der Waals surface area contributed by atoms with Crippen molar-refractivity contribution in [3.63, 3.8) is 0 Å². The minimum Gasteiger partial charge on any atom is -0.454 e. The first kappa shape index (κ1) is 20.6. The van der Waals surface area contributed by atoms with Gasteiger partial charge in [-0.05, 0) is 38.7 Å². The number of nitrogens with one attached hydrogen (secondary N) is 2. The highest BCUT2D eigenvalue weighted by atomic mass is 16.7. The van der Waals surface area contributed by atoms with E-state index >= 15 is 0 Å². The van der Waals surface area contributed by atoms with Gasteiger partial charge in [-0.15, -0.1) is 0 Å². The van der Waals surface area contributed by atoms with Crippen molar-refractivity contribution >= 4 is 29.3 Å². The third kappa shape index (κ3) is 4.18. The molecule has 9 nitrogen and oxygen atoms in total. The number of rotatable bonds is 7. The lowest BCUT2D eigenvalue weighted by Gasteiger charge is -2.22. The van der Waals surface area contributed by atoms with Crippen LogP contribution in [-0.2, 0) is 9.59 Å². The minimum atomic E-state index is -1.02. The summed E-state index contributed by atoms with van der Waals surface area (Å²) < 4.78 is 10.5. The third-order valence-electron chi connectivity index (χ3n) is 5.03. The number of ether oxygens (including phenoxy) is 2. The summed E-state index contributed by atoms with van der Waals surface area (Å²) >= 11 is 0. The number of fused-ring (bicyclic) bond motifs is 1. The Balaban J connectivity index is 1.72.